The van der Waals surface area contributed by atoms with E-state index < -0.39 is 12.1 Å². The van der Waals surface area contributed by atoms with E-state index in [4.69, 9.17) is 9.63 Å². The second kappa shape index (κ2) is 7.56. The molecule has 7 nitrogen and oxygen atoms in total. The van der Waals surface area contributed by atoms with Crippen molar-refractivity contribution < 1.29 is 14.4 Å². The molecule has 0 aliphatic carbocycles. The molecule has 1 aromatic carbocycles. The first-order chi connectivity index (χ1) is 10.6. The minimum Gasteiger partial charge on any atom is -0.394 e. The number of aromatic nitrogens is 2. The van der Waals surface area contributed by atoms with Gasteiger partial charge in [-0.25, -0.2) is 4.79 Å². The van der Waals surface area contributed by atoms with Crippen LogP contribution in [0.4, 0.5) is 4.79 Å². The van der Waals surface area contributed by atoms with E-state index in [9.17, 15) is 4.79 Å². The van der Waals surface area contributed by atoms with Gasteiger partial charge in [0.15, 0.2) is 5.82 Å². The second-order valence-electron chi connectivity index (χ2n) is 5.13. The van der Waals surface area contributed by atoms with Gasteiger partial charge in [-0.05, 0) is 19.4 Å². The van der Waals surface area contributed by atoms with Crippen LogP contribution in [-0.2, 0) is 6.42 Å². The third kappa shape index (κ3) is 4.56. The second-order valence-corrected chi connectivity index (χ2v) is 5.13. The van der Waals surface area contributed by atoms with Gasteiger partial charge in [-0.1, -0.05) is 35.5 Å². The first-order valence-electron chi connectivity index (χ1n) is 7.12. The summed E-state index contributed by atoms with van der Waals surface area (Å²) in [5, 5.41) is 18.1. The summed E-state index contributed by atoms with van der Waals surface area (Å²) >= 11 is 0. The van der Waals surface area contributed by atoms with E-state index in [1.165, 1.54) is 0 Å². The summed E-state index contributed by atoms with van der Waals surface area (Å²) in [6.07, 6.45) is 0.574. The van der Waals surface area contributed by atoms with Crippen molar-refractivity contribution in [2.24, 2.45) is 0 Å². The Kier molecular flexibility index (Phi) is 5.48. The lowest BCUT2D eigenvalue weighted by Crippen LogP contribution is -2.43. The molecule has 0 radical (unpaired) electrons. The maximum atomic E-state index is 11.7. The molecule has 0 saturated carbocycles. The van der Waals surface area contributed by atoms with Crippen LogP contribution in [0.15, 0.2) is 34.9 Å². The molecule has 2 unspecified atom stereocenters. The minimum atomic E-state index is -0.414. The molecule has 22 heavy (non-hydrogen) atoms. The number of benzene rings is 1. The highest BCUT2D eigenvalue weighted by Crippen LogP contribution is 2.12. The Morgan fingerprint density at radius 1 is 1.27 bits per heavy atom. The lowest BCUT2D eigenvalue weighted by atomic mass is 10.1. The standard InChI is InChI=1S/C15H20N4O3/c1-10(9-20)16-15(21)17-11(2)14-18-13(19-22-14)8-12-6-4-3-5-7-12/h3-7,10-11,20H,8-9H2,1-2H3,(H2,16,17,21). The van der Waals surface area contributed by atoms with Gasteiger partial charge in [0, 0.05) is 6.42 Å². The fourth-order valence-electron chi connectivity index (χ4n) is 1.86. The Bertz CT molecular complexity index is 600. The number of hydrogen-bond acceptors (Lipinski definition) is 5. The first kappa shape index (κ1) is 16.0. The van der Waals surface area contributed by atoms with E-state index in [0.29, 0.717) is 18.1 Å². The third-order valence-corrected chi connectivity index (χ3v) is 3.06. The Labute approximate surface area is 128 Å². The van der Waals surface area contributed by atoms with E-state index in [-0.39, 0.29) is 12.6 Å². The van der Waals surface area contributed by atoms with Crippen LogP contribution in [0.5, 0.6) is 0 Å². The predicted molar refractivity (Wildman–Crippen MR) is 80.2 cm³/mol. The molecule has 0 fully saturated rings. The van der Waals surface area contributed by atoms with Crippen LogP contribution in [0.3, 0.4) is 0 Å². The van der Waals surface area contributed by atoms with Crippen molar-refractivity contribution in [1.29, 1.82) is 0 Å². The zero-order chi connectivity index (χ0) is 15.9. The maximum absolute atomic E-state index is 11.7. The molecule has 0 aliphatic heterocycles. The van der Waals surface area contributed by atoms with Gasteiger partial charge >= 0.3 is 6.03 Å². The van der Waals surface area contributed by atoms with Gasteiger partial charge in [0.05, 0.1) is 12.6 Å². The zero-order valence-electron chi connectivity index (χ0n) is 12.6. The van der Waals surface area contributed by atoms with E-state index in [1.807, 2.05) is 30.3 Å². The van der Waals surface area contributed by atoms with Gasteiger partial charge in [-0.15, -0.1) is 0 Å². The molecule has 0 spiro atoms. The molecule has 0 bridgehead atoms. The number of amides is 2. The quantitative estimate of drug-likeness (QED) is 0.749. The van der Waals surface area contributed by atoms with E-state index in [0.717, 1.165) is 5.56 Å². The van der Waals surface area contributed by atoms with Crippen LogP contribution < -0.4 is 10.6 Å². The number of carbonyl (C=O) groups excluding carboxylic acids is 1. The SMILES string of the molecule is CC(CO)NC(=O)NC(C)c1nc(Cc2ccccc2)no1. The van der Waals surface area contributed by atoms with Crippen LogP contribution in [0, 0.1) is 0 Å². The number of urea groups is 1. The molecule has 1 heterocycles. The first-order valence-corrected chi connectivity index (χ1v) is 7.12. The van der Waals surface area contributed by atoms with Gasteiger partial charge in [-0.3, -0.25) is 0 Å². The van der Waals surface area contributed by atoms with E-state index in [1.54, 1.807) is 13.8 Å². The predicted octanol–water partition coefficient (Wildman–Crippen LogP) is 1.40. The Morgan fingerprint density at radius 2 is 2.00 bits per heavy atom. The fourth-order valence-corrected chi connectivity index (χ4v) is 1.86. The topological polar surface area (TPSA) is 100 Å². The van der Waals surface area contributed by atoms with E-state index >= 15 is 0 Å². The minimum absolute atomic E-state index is 0.121. The summed E-state index contributed by atoms with van der Waals surface area (Å²) < 4.78 is 5.18. The molecular formula is C15H20N4O3. The number of aliphatic hydroxyl groups is 1. The smallest absolute Gasteiger partial charge is 0.315 e. The molecule has 2 aromatic rings. The van der Waals surface area contributed by atoms with Crippen LogP contribution in [0.2, 0.25) is 0 Å². The average Bonchev–Trinajstić information content (AvgIpc) is 2.96. The molecule has 7 heteroatoms. The number of nitrogens with one attached hydrogen (secondary N) is 2. The summed E-state index contributed by atoms with van der Waals surface area (Å²) in [5.74, 6) is 0.914. The lowest BCUT2D eigenvalue weighted by molar-refractivity contribution is 0.215. The van der Waals surface area contributed by atoms with Gasteiger partial charge in [0.1, 0.15) is 6.04 Å². The molecule has 3 N–H and O–H groups in total. The highest BCUT2D eigenvalue weighted by molar-refractivity contribution is 5.74. The Hall–Kier alpha value is -2.41. The van der Waals surface area contributed by atoms with Gasteiger partial charge in [-0.2, -0.15) is 4.98 Å². The Balaban J connectivity index is 1.91. The summed E-state index contributed by atoms with van der Waals surface area (Å²) in [4.78, 5) is 16.0. The van der Waals surface area contributed by atoms with Crippen molar-refractivity contribution in [3.8, 4) is 0 Å². The molecule has 2 atom stereocenters. The van der Waals surface area contributed by atoms with Crippen LogP contribution in [-0.4, -0.2) is 33.9 Å². The zero-order valence-corrected chi connectivity index (χ0v) is 12.6. The number of carbonyl (C=O) groups is 1. The molecule has 1 aromatic heterocycles. The van der Waals surface area contributed by atoms with Crippen molar-refractivity contribution in [3.05, 3.63) is 47.6 Å². The normalized spacial score (nSPS) is 13.4. The largest absolute Gasteiger partial charge is 0.394 e. The highest BCUT2D eigenvalue weighted by Gasteiger charge is 2.17. The monoisotopic (exact) mass is 304 g/mol. The molecular weight excluding hydrogens is 284 g/mol. The summed E-state index contributed by atoms with van der Waals surface area (Å²) in [5.41, 5.74) is 1.09. The fraction of sp³-hybridized carbons (Fsp3) is 0.400. The highest BCUT2D eigenvalue weighted by atomic mass is 16.5. The van der Waals surface area contributed by atoms with Gasteiger partial charge in [0.25, 0.3) is 0 Å². The van der Waals surface area contributed by atoms with Crippen LogP contribution >= 0.6 is 0 Å². The average molecular weight is 304 g/mol. The molecule has 2 rings (SSSR count). The number of nitrogens with zero attached hydrogens (tertiary/aromatic N) is 2. The summed E-state index contributed by atoms with van der Waals surface area (Å²) in [6, 6.07) is 8.70. The molecule has 2 amide bonds. The van der Waals surface area contributed by atoms with Crippen LogP contribution in [0.25, 0.3) is 0 Å². The maximum Gasteiger partial charge on any atom is 0.315 e. The van der Waals surface area contributed by atoms with Crippen LogP contribution in [0.1, 0.15) is 37.2 Å². The van der Waals surface area contributed by atoms with Crippen molar-refractivity contribution in [2.75, 3.05) is 6.61 Å². The lowest BCUT2D eigenvalue weighted by Gasteiger charge is -2.14. The van der Waals surface area contributed by atoms with Gasteiger partial charge < -0.3 is 20.3 Å². The van der Waals surface area contributed by atoms with Crippen molar-refractivity contribution in [3.63, 3.8) is 0 Å². The number of rotatable bonds is 6. The van der Waals surface area contributed by atoms with Crippen molar-refractivity contribution in [1.82, 2.24) is 20.8 Å². The van der Waals surface area contributed by atoms with Crippen molar-refractivity contribution in [2.45, 2.75) is 32.4 Å². The van der Waals surface area contributed by atoms with Crippen molar-refractivity contribution >= 4 is 6.03 Å². The van der Waals surface area contributed by atoms with E-state index in [2.05, 4.69) is 20.8 Å². The number of hydrogen-bond donors (Lipinski definition) is 3. The third-order valence-electron chi connectivity index (χ3n) is 3.06. The molecule has 118 valence electrons. The molecule has 0 saturated heterocycles. The molecule has 0 aliphatic rings. The summed E-state index contributed by atoms with van der Waals surface area (Å²) in [7, 11) is 0. The van der Waals surface area contributed by atoms with Gasteiger partial charge in [0.2, 0.25) is 5.89 Å². The summed E-state index contributed by atoms with van der Waals surface area (Å²) in [6.45, 7) is 3.33. The number of aliphatic hydroxyl groups excluding tert-OH is 1. The Morgan fingerprint density at radius 3 is 2.68 bits per heavy atom.